The summed E-state index contributed by atoms with van der Waals surface area (Å²) in [5.74, 6) is -1.95. The summed E-state index contributed by atoms with van der Waals surface area (Å²) in [6.07, 6.45) is 0.971. The van der Waals surface area contributed by atoms with Gasteiger partial charge in [0.05, 0.1) is 0 Å². The highest BCUT2D eigenvalue weighted by Gasteiger charge is 2.23. The molecule has 1 aromatic rings. The van der Waals surface area contributed by atoms with Gasteiger partial charge in [-0.05, 0) is 41.5 Å². The first kappa shape index (κ1) is 18.5. The van der Waals surface area contributed by atoms with E-state index >= 15 is 0 Å². The first-order valence-electron chi connectivity index (χ1n) is 6.68. The number of nitrogens with one attached hydrogen (secondary N) is 1. The molecule has 0 unspecified atom stereocenters. The molecule has 0 amide bonds. The largest absolute Gasteiger partial charge is 0.302 e. The molecular formula is C13H19BrF2N2O2S. The number of hydrogen-bond acceptors (Lipinski definition) is 3. The summed E-state index contributed by atoms with van der Waals surface area (Å²) in [5.41, 5.74) is 0. The molecule has 0 aliphatic heterocycles. The van der Waals surface area contributed by atoms with Crippen molar-refractivity contribution in [1.29, 1.82) is 0 Å². The third kappa shape index (κ3) is 5.28. The Morgan fingerprint density at radius 1 is 1.24 bits per heavy atom. The predicted molar refractivity (Wildman–Crippen MR) is 81.7 cm³/mol. The Bertz CT molecular complexity index is 559. The molecule has 1 aromatic carbocycles. The third-order valence-electron chi connectivity index (χ3n) is 2.94. The van der Waals surface area contributed by atoms with Crippen LogP contribution in [-0.2, 0) is 10.0 Å². The van der Waals surface area contributed by atoms with E-state index in [1.165, 1.54) is 0 Å². The Labute approximate surface area is 132 Å². The van der Waals surface area contributed by atoms with E-state index in [0.717, 1.165) is 25.6 Å². The fourth-order valence-electron chi connectivity index (χ4n) is 1.94. The summed E-state index contributed by atoms with van der Waals surface area (Å²) in [6, 6.07) is 1.47. The van der Waals surface area contributed by atoms with Crippen molar-refractivity contribution in [3.05, 3.63) is 28.2 Å². The highest BCUT2D eigenvalue weighted by molar-refractivity contribution is 9.10. The molecule has 1 rings (SSSR count). The van der Waals surface area contributed by atoms with Crippen LogP contribution in [-0.4, -0.2) is 39.5 Å². The highest BCUT2D eigenvalue weighted by Crippen LogP contribution is 2.25. The lowest BCUT2D eigenvalue weighted by atomic mass is 10.3. The lowest BCUT2D eigenvalue weighted by Gasteiger charge is -2.19. The maximum Gasteiger partial charge on any atom is 0.244 e. The Kier molecular flexibility index (Phi) is 7.19. The minimum Gasteiger partial charge on any atom is -0.302 e. The average molecular weight is 385 g/mol. The summed E-state index contributed by atoms with van der Waals surface area (Å²) in [4.78, 5) is 1.51. The second kappa shape index (κ2) is 8.17. The van der Waals surface area contributed by atoms with Crippen LogP contribution < -0.4 is 4.72 Å². The van der Waals surface area contributed by atoms with Crippen LogP contribution >= 0.6 is 15.9 Å². The number of likely N-dealkylation sites (N-methyl/N-ethyl adjacent to an activating group) is 1. The lowest BCUT2D eigenvalue weighted by Crippen LogP contribution is -2.35. The van der Waals surface area contributed by atoms with Gasteiger partial charge in [-0.15, -0.1) is 0 Å². The highest BCUT2D eigenvalue weighted by atomic mass is 79.9. The number of rotatable bonds is 8. The summed E-state index contributed by atoms with van der Waals surface area (Å²) < 4.78 is 53.1. The fraction of sp³-hybridized carbons (Fsp3) is 0.538. The summed E-state index contributed by atoms with van der Waals surface area (Å²) in [6.45, 7) is 6.40. The Morgan fingerprint density at radius 3 is 2.43 bits per heavy atom. The van der Waals surface area contributed by atoms with Crippen LogP contribution in [0.25, 0.3) is 0 Å². The van der Waals surface area contributed by atoms with Gasteiger partial charge in [0.25, 0.3) is 0 Å². The number of halogens is 3. The van der Waals surface area contributed by atoms with E-state index in [4.69, 9.17) is 0 Å². The first-order valence-corrected chi connectivity index (χ1v) is 8.96. The van der Waals surface area contributed by atoms with E-state index in [1.807, 2.05) is 13.8 Å². The molecule has 0 aliphatic carbocycles. The second-order valence-corrected chi connectivity index (χ2v) is 7.09. The van der Waals surface area contributed by atoms with E-state index in [-0.39, 0.29) is 11.0 Å². The molecule has 0 aliphatic rings. The molecule has 0 saturated carbocycles. The molecule has 0 atom stereocenters. The Morgan fingerprint density at radius 2 is 1.90 bits per heavy atom. The Hall–Kier alpha value is -0.570. The molecule has 0 fully saturated rings. The van der Waals surface area contributed by atoms with E-state index in [9.17, 15) is 17.2 Å². The van der Waals surface area contributed by atoms with Crippen LogP contribution in [0.15, 0.2) is 21.5 Å². The summed E-state index contributed by atoms with van der Waals surface area (Å²) >= 11 is 2.88. The zero-order chi connectivity index (χ0) is 16.0. The normalized spacial score (nSPS) is 12.1. The van der Waals surface area contributed by atoms with Gasteiger partial charge in [-0.3, -0.25) is 0 Å². The molecule has 0 aromatic heterocycles. The molecular weight excluding hydrogens is 366 g/mol. The van der Waals surface area contributed by atoms with Gasteiger partial charge in [-0.25, -0.2) is 21.9 Å². The van der Waals surface area contributed by atoms with Crippen molar-refractivity contribution < 1.29 is 17.2 Å². The van der Waals surface area contributed by atoms with Gasteiger partial charge in [-0.2, -0.15) is 0 Å². The van der Waals surface area contributed by atoms with Gasteiger partial charge >= 0.3 is 0 Å². The minimum atomic E-state index is -4.02. The molecule has 0 bridgehead atoms. The van der Waals surface area contributed by atoms with Gasteiger partial charge in [0.2, 0.25) is 10.0 Å². The Balaban J connectivity index is 2.79. The van der Waals surface area contributed by atoms with Crippen LogP contribution in [0.1, 0.15) is 20.3 Å². The predicted octanol–water partition coefficient (Wildman–Crippen LogP) is 2.74. The zero-order valence-electron chi connectivity index (χ0n) is 12.0. The molecule has 120 valence electrons. The lowest BCUT2D eigenvalue weighted by molar-refractivity contribution is 0.293. The standard InChI is InChI=1S/C13H19BrF2N2O2S/c1-3-6-18(4-2)7-5-17-21(19,20)13-11(14)8-10(15)9-12(13)16/h8-9,17H,3-7H2,1-2H3. The van der Waals surface area contributed by atoms with E-state index in [0.29, 0.717) is 12.6 Å². The quantitative estimate of drug-likeness (QED) is 0.749. The van der Waals surface area contributed by atoms with E-state index in [1.54, 1.807) is 0 Å². The fourth-order valence-corrected chi connectivity index (χ4v) is 4.12. The first-order chi connectivity index (χ1) is 9.81. The molecule has 0 spiro atoms. The van der Waals surface area contributed by atoms with Gasteiger partial charge in [-0.1, -0.05) is 13.8 Å². The van der Waals surface area contributed by atoms with E-state index in [2.05, 4.69) is 25.6 Å². The van der Waals surface area contributed by atoms with Crippen molar-refractivity contribution in [3.8, 4) is 0 Å². The monoisotopic (exact) mass is 384 g/mol. The second-order valence-electron chi connectivity index (χ2n) is 4.53. The smallest absolute Gasteiger partial charge is 0.244 e. The number of sulfonamides is 1. The maximum atomic E-state index is 13.7. The van der Waals surface area contributed by atoms with Crippen molar-refractivity contribution in [2.24, 2.45) is 0 Å². The summed E-state index contributed by atoms with van der Waals surface area (Å²) in [5, 5.41) is 0. The molecule has 21 heavy (non-hydrogen) atoms. The van der Waals surface area contributed by atoms with Gasteiger partial charge in [0, 0.05) is 23.6 Å². The van der Waals surface area contributed by atoms with Gasteiger partial charge in [0.1, 0.15) is 16.5 Å². The van der Waals surface area contributed by atoms with Crippen LogP contribution in [0.5, 0.6) is 0 Å². The molecule has 0 radical (unpaired) electrons. The molecule has 8 heteroatoms. The van der Waals surface area contributed by atoms with Crippen molar-refractivity contribution in [2.75, 3.05) is 26.2 Å². The third-order valence-corrected chi connectivity index (χ3v) is 5.36. The van der Waals surface area contributed by atoms with Crippen LogP contribution in [0.2, 0.25) is 0 Å². The number of nitrogens with zero attached hydrogens (tertiary/aromatic N) is 1. The van der Waals surface area contributed by atoms with Crippen LogP contribution in [0, 0.1) is 11.6 Å². The molecule has 4 nitrogen and oxygen atoms in total. The van der Waals surface area contributed by atoms with E-state index < -0.39 is 26.6 Å². The average Bonchev–Trinajstić information content (AvgIpc) is 2.35. The van der Waals surface area contributed by atoms with Crippen LogP contribution in [0.3, 0.4) is 0 Å². The summed E-state index contributed by atoms with van der Waals surface area (Å²) in [7, 11) is -4.02. The maximum absolute atomic E-state index is 13.7. The van der Waals surface area contributed by atoms with Crippen molar-refractivity contribution in [1.82, 2.24) is 9.62 Å². The molecule has 0 heterocycles. The van der Waals surface area contributed by atoms with Gasteiger partial charge in [0.15, 0.2) is 0 Å². The van der Waals surface area contributed by atoms with Crippen LogP contribution in [0.4, 0.5) is 8.78 Å². The minimum absolute atomic E-state index is 0.131. The van der Waals surface area contributed by atoms with Crippen molar-refractivity contribution >= 4 is 26.0 Å². The molecule has 1 N–H and O–H groups in total. The number of hydrogen-bond donors (Lipinski definition) is 1. The van der Waals surface area contributed by atoms with Gasteiger partial charge < -0.3 is 4.90 Å². The van der Waals surface area contributed by atoms with Crippen molar-refractivity contribution in [3.63, 3.8) is 0 Å². The molecule has 0 saturated heterocycles. The van der Waals surface area contributed by atoms with Crippen molar-refractivity contribution in [2.45, 2.75) is 25.2 Å². The number of benzene rings is 1. The SMILES string of the molecule is CCCN(CC)CCNS(=O)(=O)c1c(F)cc(F)cc1Br. The zero-order valence-corrected chi connectivity index (χ0v) is 14.4. The topological polar surface area (TPSA) is 49.4 Å².